The summed E-state index contributed by atoms with van der Waals surface area (Å²) in [5, 5.41) is 11.3. The second-order valence-electron chi connectivity index (χ2n) is 6.80. The van der Waals surface area contributed by atoms with Crippen LogP contribution in [0, 0.1) is 10.1 Å². The van der Waals surface area contributed by atoms with E-state index in [1.807, 2.05) is 4.90 Å². The molecule has 2 aromatic carbocycles. The predicted molar refractivity (Wildman–Crippen MR) is 111 cm³/mol. The molecule has 0 spiro atoms. The molecule has 0 N–H and O–H groups in total. The molecule has 29 heavy (non-hydrogen) atoms. The molecule has 10 heteroatoms. The maximum absolute atomic E-state index is 12.5. The summed E-state index contributed by atoms with van der Waals surface area (Å²) in [6.07, 6.45) is 0. The minimum Gasteiger partial charge on any atom is -0.368 e. The molecular weight excluding hydrogens is 418 g/mol. The van der Waals surface area contributed by atoms with Crippen LogP contribution in [0.5, 0.6) is 0 Å². The van der Waals surface area contributed by atoms with Crippen molar-refractivity contribution in [2.45, 2.75) is 5.75 Å². The number of amides is 1. The summed E-state index contributed by atoms with van der Waals surface area (Å²) in [6.45, 7) is 1.85. The van der Waals surface area contributed by atoms with Gasteiger partial charge in [-0.25, -0.2) is 8.42 Å². The van der Waals surface area contributed by atoms with Crippen molar-refractivity contribution in [1.29, 1.82) is 0 Å². The number of hydrogen-bond donors (Lipinski definition) is 0. The molecule has 2 aromatic rings. The fourth-order valence-corrected chi connectivity index (χ4v) is 4.65. The average molecular weight is 438 g/mol. The Morgan fingerprint density at radius 2 is 1.59 bits per heavy atom. The zero-order valence-electron chi connectivity index (χ0n) is 15.5. The predicted octanol–water partition coefficient (Wildman–Crippen LogP) is 2.51. The van der Waals surface area contributed by atoms with Crippen LogP contribution in [0.25, 0.3) is 0 Å². The number of nitrogens with zero attached hydrogens (tertiary/aromatic N) is 3. The Kier molecular flexibility index (Phi) is 6.39. The summed E-state index contributed by atoms with van der Waals surface area (Å²) in [4.78, 5) is 26.3. The molecule has 0 saturated carbocycles. The van der Waals surface area contributed by atoms with Crippen LogP contribution in [-0.4, -0.2) is 56.1 Å². The van der Waals surface area contributed by atoms with Crippen LogP contribution in [0.15, 0.2) is 48.5 Å². The van der Waals surface area contributed by atoms with Gasteiger partial charge in [0.25, 0.3) is 5.69 Å². The van der Waals surface area contributed by atoms with Crippen LogP contribution in [0.1, 0.15) is 5.56 Å². The van der Waals surface area contributed by atoms with Crippen molar-refractivity contribution < 1.29 is 18.1 Å². The number of rotatable bonds is 6. The fraction of sp³-hybridized carbons (Fsp3) is 0.316. The van der Waals surface area contributed by atoms with E-state index >= 15 is 0 Å². The smallest absolute Gasteiger partial charge is 0.269 e. The van der Waals surface area contributed by atoms with Gasteiger partial charge < -0.3 is 9.80 Å². The number of non-ortho nitro benzene ring substituents is 1. The highest BCUT2D eigenvalue weighted by molar-refractivity contribution is 7.91. The third-order valence-electron chi connectivity index (χ3n) is 4.70. The largest absolute Gasteiger partial charge is 0.368 e. The number of hydrogen-bond acceptors (Lipinski definition) is 6. The summed E-state index contributed by atoms with van der Waals surface area (Å²) in [6, 6.07) is 12.7. The lowest BCUT2D eigenvalue weighted by Gasteiger charge is -2.36. The van der Waals surface area contributed by atoms with Crippen molar-refractivity contribution in [3.63, 3.8) is 0 Å². The van der Waals surface area contributed by atoms with E-state index in [-0.39, 0.29) is 11.4 Å². The van der Waals surface area contributed by atoms with Gasteiger partial charge in [0.05, 0.1) is 10.7 Å². The quantitative estimate of drug-likeness (QED) is 0.508. The number of nitro groups is 1. The van der Waals surface area contributed by atoms with Crippen LogP contribution < -0.4 is 4.90 Å². The van der Waals surface area contributed by atoms with E-state index in [9.17, 15) is 23.3 Å². The zero-order valence-corrected chi connectivity index (χ0v) is 17.1. The average Bonchev–Trinajstić information content (AvgIpc) is 2.69. The van der Waals surface area contributed by atoms with Gasteiger partial charge in [-0.3, -0.25) is 14.9 Å². The van der Waals surface area contributed by atoms with E-state index in [1.165, 1.54) is 12.1 Å². The Balaban J connectivity index is 1.54. The number of piperazine rings is 1. The number of anilines is 1. The molecular formula is C19H20ClN3O5S. The van der Waals surface area contributed by atoms with Gasteiger partial charge in [0, 0.05) is 49.0 Å². The number of carbonyl (C=O) groups is 1. The van der Waals surface area contributed by atoms with E-state index in [0.717, 1.165) is 5.69 Å². The maximum Gasteiger partial charge on any atom is 0.269 e. The molecule has 0 aromatic heterocycles. The topological polar surface area (TPSA) is 101 Å². The van der Waals surface area contributed by atoms with Gasteiger partial charge in [-0.1, -0.05) is 23.7 Å². The van der Waals surface area contributed by atoms with Crippen LogP contribution in [0.2, 0.25) is 5.02 Å². The molecule has 1 aliphatic heterocycles. The van der Waals surface area contributed by atoms with E-state index in [0.29, 0.717) is 36.8 Å². The number of sulfone groups is 1. The highest BCUT2D eigenvalue weighted by Crippen LogP contribution is 2.21. The Labute approximate surface area is 173 Å². The molecule has 0 aliphatic carbocycles. The van der Waals surface area contributed by atoms with Crippen LogP contribution in [0.3, 0.4) is 0 Å². The minimum absolute atomic E-state index is 0.0217. The molecule has 1 saturated heterocycles. The molecule has 154 valence electrons. The highest BCUT2D eigenvalue weighted by atomic mass is 35.5. The van der Waals surface area contributed by atoms with Crippen molar-refractivity contribution in [1.82, 2.24) is 4.90 Å². The van der Waals surface area contributed by atoms with Crippen LogP contribution in [0.4, 0.5) is 11.4 Å². The molecule has 1 aliphatic rings. The van der Waals surface area contributed by atoms with Gasteiger partial charge in [0.1, 0.15) is 5.75 Å². The third kappa shape index (κ3) is 5.68. The molecule has 1 fully saturated rings. The monoisotopic (exact) mass is 437 g/mol. The van der Waals surface area contributed by atoms with Crippen molar-refractivity contribution in [3.05, 3.63) is 69.2 Å². The lowest BCUT2D eigenvalue weighted by Crippen LogP contribution is -2.50. The Hall–Kier alpha value is -2.65. The third-order valence-corrected chi connectivity index (χ3v) is 6.41. The Bertz CT molecular complexity index is 986. The first-order chi connectivity index (χ1) is 13.7. The summed E-state index contributed by atoms with van der Waals surface area (Å²) in [7, 11) is -3.59. The van der Waals surface area contributed by atoms with Crippen molar-refractivity contribution >= 4 is 38.7 Å². The summed E-state index contributed by atoms with van der Waals surface area (Å²) >= 11 is 5.80. The van der Waals surface area contributed by atoms with Crippen molar-refractivity contribution in [2.24, 2.45) is 0 Å². The summed E-state index contributed by atoms with van der Waals surface area (Å²) in [5.41, 5.74) is 1.44. The minimum atomic E-state index is -3.59. The first-order valence-corrected chi connectivity index (χ1v) is 11.2. The number of halogens is 1. The lowest BCUT2D eigenvalue weighted by molar-refractivity contribution is -0.384. The lowest BCUT2D eigenvalue weighted by atomic mass is 10.2. The van der Waals surface area contributed by atoms with Crippen LogP contribution in [-0.2, 0) is 20.4 Å². The van der Waals surface area contributed by atoms with Gasteiger partial charge in [-0.15, -0.1) is 0 Å². The van der Waals surface area contributed by atoms with E-state index in [1.54, 1.807) is 41.3 Å². The van der Waals surface area contributed by atoms with Crippen LogP contribution >= 0.6 is 11.6 Å². The first kappa shape index (κ1) is 21.1. The molecule has 0 unspecified atom stereocenters. The molecule has 8 nitrogen and oxygen atoms in total. The normalized spacial score (nSPS) is 14.7. The first-order valence-electron chi connectivity index (χ1n) is 8.95. The second-order valence-corrected chi connectivity index (χ2v) is 9.30. The highest BCUT2D eigenvalue weighted by Gasteiger charge is 2.26. The molecule has 0 bridgehead atoms. The summed E-state index contributed by atoms with van der Waals surface area (Å²) < 4.78 is 24.7. The number of nitro benzene ring substituents is 1. The zero-order chi connectivity index (χ0) is 21.0. The SMILES string of the molecule is O=C(CS(=O)(=O)Cc1ccc(Cl)cc1)N1CCN(c2ccc([N+](=O)[O-])cc2)CC1. The molecule has 0 atom stereocenters. The van der Waals surface area contributed by atoms with Gasteiger partial charge >= 0.3 is 0 Å². The Morgan fingerprint density at radius 1 is 1.00 bits per heavy atom. The summed E-state index contributed by atoms with van der Waals surface area (Å²) in [5.74, 6) is -1.16. The standard InChI is InChI=1S/C19H20ClN3O5S/c20-16-3-1-15(2-4-16)13-29(27,28)14-19(24)22-11-9-21(10-12-22)17-5-7-18(8-6-17)23(25)26/h1-8H,9-14H2. The van der Waals surface area contributed by atoms with Gasteiger partial charge in [-0.2, -0.15) is 0 Å². The van der Waals surface area contributed by atoms with E-state index in [2.05, 4.69) is 0 Å². The van der Waals surface area contributed by atoms with Gasteiger partial charge in [0.15, 0.2) is 9.84 Å². The fourth-order valence-electron chi connectivity index (χ4n) is 3.16. The Morgan fingerprint density at radius 3 is 2.14 bits per heavy atom. The number of carbonyl (C=O) groups excluding carboxylic acids is 1. The van der Waals surface area contributed by atoms with Crippen molar-refractivity contribution in [2.75, 3.05) is 36.8 Å². The van der Waals surface area contributed by atoms with E-state index < -0.39 is 26.4 Å². The van der Waals surface area contributed by atoms with Gasteiger partial charge in [-0.05, 0) is 29.8 Å². The molecule has 1 heterocycles. The molecule has 0 radical (unpaired) electrons. The van der Waals surface area contributed by atoms with E-state index in [4.69, 9.17) is 11.6 Å². The molecule has 3 rings (SSSR count). The number of benzene rings is 2. The second kappa shape index (κ2) is 8.79. The van der Waals surface area contributed by atoms with Crippen molar-refractivity contribution in [3.8, 4) is 0 Å². The van der Waals surface area contributed by atoms with Gasteiger partial charge in [0.2, 0.25) is 5.91 Å². The molecule has 1 amide bonds. The maximum atomic E-state index is 12.5.